The van der Waals surface area contributed by atoms with Crippen LogP contribution >= 0.6 is 11.6 Å². The first-order valence-corrected chi connectivity index (χ1v) is 9.14. The van der Waals surface area contributed by atoms with Gasteiger partial charge in [-0.2, -0.15) is 0 Å². The summed E-state index contributed by atoms with van der Waals surface area (Å²) in [6.45, 7) is 3.77. The first-order valence-electron chi connectivity index (χ1n) is 6.78. The van der Waals surface area contributed by atoms with Gasteiger partial charge in [-0.3, -0.25) is 0 Å². The molecule has 0 aliphatic heterocycles. The Morgan fingerprint density at radius 2 is 2.05 bits per heavy atom. The maximum atomic E-state index is 11.4. The molecule has 19 heavy (non-hydrogen) atoms. The Morgan fingerprint density at radius 3 is 2.63 bits per heavy atom. The molecule has 1 unspecified atom stereocenters. The van der Waals surface area contributed by atoms with E-state index in [4.69, 9.17) is 11.6 Å². The minimum Gasteiger partial charge on any atom is -0.229 e. The number of aryl methyl sites for hydroxylation is 1. The third kappa shape index (κ3) is 6.44. The summed E-state index contributed by atoms with van der Waals surface area (Å²) in [4.78, 5) is 0. The molecule has 0 heterocycles. The van der Waals surface area contributed by atoms with Crippen LogP contribution in [-0.2, 0) is 16.3 Å². The normalized spacial score (nSPS) is 13.4. The third-order valence-electron chi connectivity index (χ3n) is 3.33. The molecule has 0 saturated heterocycles. The average Bonchev–Trinajstić information content (AvgIpc) is 2.37. The first-order chi connectivity index (χ1) is 8.96. The topological polar surface area (TPSA) is 34.1 Å². The van der Waals surface area contributed by atoms with Gasteiger partial charge in [-0.25, -0.2) is 8.42 Å². The van der Waals surface area contributed by atoms with E-state index in [1.807, 2.05) is 0 Å². The predicted octanol–water partition coefficient (Wildman–Crippen LogP) is 3.61. The maximum absolute atomic E-state index is 11.4. The van der Waals surface area contributed by atoms with Crippen LogP contribution in [0.3, 0.4) is 0 Å². The second-order valence-electron chi connectivity index (χ2n) is 5.09. The van der Waals surface area contributed by atoms with Crippen LogP contribution in [0.4, 0.5) is 0 Å². The van der Waals surface area contributed by atoms with Gasteiger partial charge >= 0.3 is 0 Å². The molecule has 0 aromatic heterocycles. The fourth-order valence-electron chi connectivity index (χ4n) is 2.14. The van der Waals surface area contributed by atoms with Crippen LogP contribution in [0.1, 0.15) is 30.9 Å². The minimum atomic E-state index is -2.85. The first kappa shape index (κ1) is 16.5. The fraction of sp³-hybridized carbons (Fsp3) is 0.600. The van der Waals surface area contributed by atoms with Gasteiger partial charge in [0, 0.05) is 11.6 Å². The van der Waals surface area contributed by atoms with Crippen molar-refractivity contribution >= 4 is 21.4 Å². The average molecular weight is 303 g/mol. The van der Waals surface area contributed by atoms with Crippen LogP contribution in [0.2, 0.25) is 0 Å². The molecule has 4 heteroatoms. The molecular formula is C15H23ClO2S. The van der Waals surface area contributed by atoms with E-state index >= 15 is 0 Å². The van der Waals surface area contributed by atoms with Crippen LogP contribution < -0.4 is 0 Å². The van der Waals surface area contributed by atoms with Crippen molar-refractivity contribution in [2.45, 2.75) is 33.1 Å². The molecular weight excluding hydrogens is 280 g/mol. The van der Waals surface area contributed by atoms with Crippen LogP contribution in [0, 0.1) is 12.8 Å². The van der Waals surface area contributed by atoms with Crippen LogP contribution in [0.15, 0.2) is 24.3 Å². The molecule has 0 saturated carbocycles. The van der Waals surface area contributed by atoms with Gasteiger partial charge in [0.1, 0.15) is 9.84 Å². The third-order valence-corrected chi connectivity index (χ3v) is 5.56. The van der Waals surface area contributed by atoms with Crippen molar-refractivity contribution in [2.24, 2.45) is 5.92 Å². The maximum Gasteiger partial charge on any atom is 0.150 e. The molecule has 0 bridgehead atoms. The van der Waals surface area contributed by atoms with Crippen molar-refractivity contribution in [1.29, 1.82) is 0 Å². The second-order valence-corrected chi connectivity index (χ2v) is 7.87. The lowest BCUT2D eigenvalue weighted by Gasteiger charge is -2.14. The molecule has 108 valence electrons. The van der Waals surface area contributed by atoms with Crippen molar-refractivity contribution < 1.29 is 8.42 Å². The van der Waals surface area contributed by atoms with Gasteiger partial charge in [0.15, 0.2) is 0 Å². The molecule has 0 spiro atoms. The number of hydrogen-bond acceptors (Lipinski definition) is 2. The van der Waals surface area contributed by atoms with Gasteiger partial charge in [-0.15, -0.1) is 11.6 Å². The molecule has 0 fully saturated rings. The molecule has 0 aliphatic rings. The number of alkyl halides is 1. The summed E-state index contributed by atoms with van der Waals surface area (Å²) in [6.07, 6.45) is 2.51. The fourth-order valence-corrected chi connectivity index (χ4v) is 3.30. The quantitative estimate of drug-likeness (QED) is 0.688. The lowest BCUT2D eigenvalue weighted by Crippen LogP contribution is -2.12. The Hall–Kier alpha value is -0.540. The molecule has 1 rings (SSSR count). The van der Waals surface area contributed by atoms with E-state index in [9.17, 15) is 8.42 Å². The van der Waals surface area contributed by atoms with Crippen molar-refractivity contribution in [3.8, 4) is 0 Å². The smallest absolute Gasteiger partial charge is 0.150 e. The Morgan fingerprint density at radius 1 is 1.32 bits per heavy atom. The minimum absolute atomic E-state index is 0.233. The van der Waals surface area contributed by atoms with E-state index in [0.717, 1.165) is 12.8 Å². The van der Waals surface area contributed by atoms with E-state index in [0.29, 0.717) is 18.2 Å². The summed E-state index contributed by atoms with van der Waals surface area (Å²) in [5.74, 6) is 1.46. The highest BCUT2D eigenvalue weighted by atomic mass is 35.5. The standard InChI is InChI=1S/C15H23ClO2S/c1-3-19(17,18)9-5-8-15(12-16)11-14-7-4-6-13(2)10-14/h4,6-7,10,15H,3,5,8-9,11-12H2,1-2H3. The highest BCUT2D eigenvalue weighted by Gasteiger charge is 2.12. The summed E-state index contributed by atoms with van der Waals surface area (Å²) in [5, 5.41) is 0. The number of sulfone groups is 1. The van der Waals surface area contributed by atoms with Crippen molar-refractivity contribution in [3.63, 3.8) is 0 Å². The zero-order valence-electron chi connectivity index (χ0n) is 11.7. The van der Waals surface area contributed by atoms with Gasteiger partial charge in [-0.1, -0.05) is 36.8 Å². The monoisotopic (exact) mass is 302 g/mol. The lowest BCUT2D eigenvalue weighted by atomic mass is 9.96. The number of rotatable bonds is 8. The summed E-state index contributed by atoms with van der Waals surface area (Å²) in [7, 11) is -2.85. The Kier molecular flexibility index (Phi) is 6.87. The van der Waals surface area contributed by atoms with E-state index in [2.05, 4.69) is 31.2 Å². The Balaban J connectivity index is 2.46. The predicted molar refractivity (Wildman–Crippen MR) is 82.7 cm³/mol. The summed E-state index contributed by atoms with van der Waals surface area (Å²) >= 11 is 5.99. The van der Waals surface area contributed by atoms with Gasteiger partial charge in [0.25, 0.3) is 0 Å². The largest absolute Gasteiger partial charge is 0.229 e. The highest BCUT2D eigenvalue weighted by molar-refractivity contribution is 7.91. The van der Waals surface area contributed by atoms with Crippen LogP contribution in [0.5, 0.6) is 0 Å². The number of halogens is 1. The molecule has 0 amide bonds. The molecule has 0 N–H and O–H groups in total. The summed E-state index contributed by atoms with van der Waals surface area (Å²) in [5.41, 5.74) is 2.53. The van der Waals surface area contributed by atoms with Crippen molar-refractivity contribution in [1.82, 2.24) is 0 Å². The van der Waals surface area contributed by atoms with Gasteiger partial charge in [0.05, 0.1) is 5.75 Å². The molecule has 1 atom stereocenters. The molecule has 1 aromatic rings. The summed E-state index contributed by atoms with van der Waals surface area (Å²) < 4.78 is 22.9. The Labute approximate surface area is 122 Å². The number of benzene rings is 1. The summed E-state index contributed by atoms with van der Waals surface area (Å²) in [6, 6.07) is 8.40. The lowest BCUT2D eigenvalue weighted by molar-refractivity contribution is 0.523. The molecule has 1 aromatic carbocycles. The van der Waals surface area contributed by atoms with Crippen molar-refractivity contribution in [2.75, 3.05) is 17.4 Å². The van der Waals surface area contributed by atoms with E-state index in [-0.39, 0.29) is 11.5 Å². The Bertz CT molecular complexity index is 483. The van der Waals surface area contributed by atoms with Crippen LogP contribution in [-0.4, -0.2) is 25.8 Å². The van der Waals surface area contributed by atoms with Gasteiger partial charge < -0.3 is 0 Å². The van der Waals surface area contributed by atoms with E-state index in [1.165, 1.54) is 11.1 Å². The van der Waals surface area contributed by atoms with E-state index < -0.39 is 9.84 Å². The zero-order valence-corrected chi connectivity index (χ0v) is 13.3. The molecule has 0 aliphatic carbocycles. The van der Waals surface area contributed by atoms with Crippen LogP contribution in [0.25, 0.3) is 0 Å². The second kappa shape index (κ2) is 7.91. The SMILES string of the molecule is CCS(=O)(=O)CCCC(CCl)Cc1cccc(C)c1. The number of hydrogen-bond donors (Lipinski definition) is 0. The highest BCUT2D eigenvalue weighted by Crippen LogP contribution is 2.17. The van der Waals surface area contributed by atoms with Crippen molar-refractivity contribution in [3.05, 3.63) is 35.4 Å². The molecule has 2 nitrogen and oxygen atoms in total. The van der Waals surface area contributed by atoms with E-state index in [1.54, 1.807) is 6.92 Å². The van der Waals surface area contributed by atoms with Gasteiger partial charge in [0.2, 0.25) is 0 Å². The van der Waals surface area contributed by atoms with Gasteiger partial charge in [-0.05, 0) is 37.7 Å². The zero-order chi connectivity index (χ0) is 14.3. The molecule has 0 radical (unpaired) electrons.